The van der Waals surface area contributed by atoms with Crippen molar-refractivity contribution in [2.45, 2.75) is 6.18 Å². The smallest absolute Gasteiger partial charge is 0.386 e. The van der Waals surface area contributed by atoms with Gasteiger partial charge in [-0.15, -0.1) is 0 Å². The molecule has 0 spiro atoms. The van der Waals surface area contributed by atoms with Crippen molar-refractivity contribution in [1.29, 1.82) is 0 Å². The van der Waals surface area contributed by atoms with E-state index in [-0.39, 0.29) is 11.9 Å². The zero-order valence-electron chi connectivity index (χ0n) is 5.94. The summed E-state index contributed by atoms with van der Waals surface area (Å²) >= 11 is 0. The molecule has 0 saturated heterocycles. The zero-order valence-corrected chi connectivity index (χ0v) is 5.94. The Kier molecular flexibility index (Phi) is 3.50. The Morgan fingerprint density at radius 3 is 2.36 bits per heavy atom. The van der Waals surface area contributed by atoms with Crippen LogP contribution in [0, 0.1) is 0 Å². The molecule has 5 heteroatoms. The van der Waals surface area contributed by atoms with E-state index < -0.39 is 6.18 Å². The molecule has 2 nitrogen and oxygen atoms in total. The Morgan fingerprint density at radius 2 is 2.00 bits per heavy atom. The predicted molar refractivity (Wildman–Crippen MR) is 36.5 cm³/mol. The van der Waals surface area contributed by atoms with Crippen molar-refractivity contribution in [2.24, 2.45) is 5.73 Å². The molecular weight excluding hydrogens is 157 g/mol. The Balaban J connectivity index is 3.96. The highest BCUT2D eigenvalue weighted by atomic mass is 19.4. The van der Waals surface area contributed by atoms with Gasteiger partial charge in [0.2, 0.25) is 0 Å². The predicted octanol–water partition coefficient (Wildman–Crippen LogP) is 1.12. The summed E-state index contributed by atoms with van der Waals surface area (Å²) < 4.78 is 34.3. The summed E-state index contributed by atoms with van der Waals surface area (Å²) in [7, 11) is 1.52. The molecule has 0 bridgehead atoms. The maximum absolute atomic E-state index is 11.4. The van der Waals surface area contributed by atoms with E-state index in [0.29, 0.717) is 0 Å². The van der Waals surface area contributed by atoms with Crippen LogP contribution in [0.25, 0.3) is 0 Å². The average Bonchev–Trinajstić information content (AvgIpc) is 1.85. The molecular formula is C6H9F3N2. The monoisotopic (exact) mass is 166 g/mol. The summed E-state index contributed by atoms with van der Waals surface area (Å²) in [6.45, 7) is 0. The van der Waals surface area contributed by atoms with Crippen LogP contribution in [0.3, 0.4) is 0 Å². The number of nitrogens with two attached hydrogens (primary N) is 1. The first-order valence-corrected chi connectivity index (χ1v) is 2.85. The van der Waals surface area contributed by atoms with Gasteiger partial charge in [0.05, 0.1) is 5.82 Å². The lowest BCUT2D eigenvalue weighted by Gasteiger charge is -1.97. The van der Waals surface area contributed by atoms with Crippen molar-refractivity contribution >= 4 is 0 Å². The molecule has 0 heterocycles. The molecule has 64 valence electrons. The molecule has 0 saturated carbocycles. The fourth-order valence-electron chi connectivity index (χ4n) is 0.344. The first kappa shape index (κ1) is 9.87. The summed E-state index contributed by atoms with van der Waals surface area (Å²) in [5.74, 6) is 0.186. The molecule has 0 rings (SSSR count). The van der Waals surface area contributed by atoms with Gasteiger partial charge in [0.25, 0.3) is 0 Å². The van der Waals surface area contributed by atoms with E-state index in [1.54, 1.807) is 0 Å². The van der Waals surface area contributed by atoms with Crippen molar-refractivity contribution in [2.75, 3.05) is 7.05 Å². The second-order valence-corrected chi connectivity index (χ2v) is 1.77. The molecule has 0 aromatic heterocycles. The number of hydrogen-bond donors (Lipinski definition) is 2. The normalized spacial score (nSPS) is 14.0. The minimum atomic E-state index is -4.27. The van der Waals surface area contributed by atoms with E-state index in [1.165, 1.54) is 7.05 Å². The van der Waals surface area contributed by atoms with Crippen LogP contribution in [-0.2, 0) is 0 Å². The van der Waals surface area contributed by atoms with E-state index in [4.69, 9.17) is 5.73 Å². The highest BCUT2D eigenvalue weighted by molar-refractivity contribution is 5.09. The van der Waals surface area contributed by atoms with Gasteiger partial charge >= 0.3 is 6.18 Å². The van der Waals surface area contributed by atoms with Gasteiger partial charge in [-0.05, 0) is 6.08 Å². The Bertz CT molecular complexity index is 169. The summed E-state index contributed by atoms with van der Waals surface area (Å²) in [5, 5.41) is 2.47. The largest absolute Gasteiger partial charge is 0.409 e. The molecule has 0 aliphatic carbocycles. The van der Waals surface area contributed by atoms with Crippen molar-refractivity contribution in [1.82, 2.24) is 5.32 Å². The topological polar surface area (TPSA) is 38.0 Å². The standard InChI is InChI=1S/C6H9F3N2/c1-11-5(10)3-2-4-6(7,8)9/h2-4,11H,10H2,1H3/b4-2+,5-3-. The number of nitrogens with one attached hydrogen (secondary N) is 1. The van der Waals surface area contributed by atoms with E-state index in [1.807, 2.05) is 0 Å². The Hall–Kier alpha value is -1.13. The van der Waals surface area contributed by atoms with Gasteiger partial charge in [0.1, 0.15) is 0 Å². The fourth-order valence-corrected chi connectivity index (χ4v) is 0.344. The lowest BCUT2D eigenvalue weighted by molar-refractivity contribution is -0.0798. The van der Waals surface area contributed by atoms with Gasteiger partial charge in [0, 0.05) is 13.1 Å². The van der Waals surface area contributed by atoms with Gasteiger partial charge in [-0.1, -0.05) is 6.08 Å². The maximum atomic E-state index is 11.4. The van der Waals surface area contributed by atoms with Crippen molar-refractivity contribution in [3.63, 3.8) is 0 Å². The van der Waals surface area contributed by atoms with Crippen LogP contribution < -0.4 is 11.1 Å². The summed E-state index contributed by atoms with van der Waals surface area (Å²) in [6.07, 6.45) is -2.19. The molecule has 0 aliphatic heterocycles. The van der Waals surface area contributed by atoms with Crippen LogP contribution in [0.15, 0.2) is 24.0 Å². The molecule has 0 atom stereocenters. The van der Waals surface area contributed by atoms with Crippen LogP contribution in [0.5, 0.6) is 0 Å². The molecule has 3 N–H and O–H groups in total. The third-order valence-corrected chi connectivity index (χ3v) is 0.850. The van der Waals surface area contributed by atoms with Gasteiger partial charge in [-0.3, -0.25) is 0 Å². The van der Waals surface area contributed by atoms with E-state index in [2.05, 4.69) is 5.32 Å². The van der Waals surface area contributed by atoms with Gasteiger partial charge in [-0.2, -0.15) is 13.2 Å². The molecule has 0 unspecified atom stereocenters. The Labute approximate surface area is 62.6 Å². The van der Waals surface area contributed by atoms with Crippen LogP contribution in [0.1, 0.15) is 0 Å². The number of halogens is 3. The summed E-state index contributed by atoms with van der Waals surface area (Å²) in [5.41, 5.74) is 5.13. The molecule has 0 aliphatic rings. The quantitative estimate of drug-likeness (QED) is 0.603. The highest BCUT2D eigenvalue weighted by Gasteiger charge is 2.21. The maximum Gasteiger partial charge on any atom is 0.409 e. The number of alkyl halides is 3. The van der Waals surface area contributed by atoms with E-state index >= 15 is 0 Å². The van der Waals surface area contributed by atoms with Crippen LogP contribution >= 0.6 is 0 Å². The second-order valence-electron chi connectivity index (χ2n) is 1.77. The highest BCUT2D eigenvalue weighted by Crippen LogP contribution is 2.15. The van der Waals surface area contributed by atoms with Gasteiger partial charge in [-0.25, -0.2) is 0 Å². The fraction of sp³-hybridized carbons (Fsp3) is 0.333. The van der Waals surface area contributed by atoms with Crippen LogP contribution in [-0.4, -0.2) is 13.2 Å². The first-order chi connectivity index (χ1) is 4.95. The molecule has 11 heavy (non-hydrogen) atoms. The molecule has 0 amide bonds. The third kappa shape index (κ3) is 6.76. The van der Waals surface area contributed by atoms with E-state index in [0.717, 1.165) is 12.2 Å². The molecule has 0 fully saturated rings. The number of hydrogen-bond acceptors (Lipinski definition) is 2. The van der Waals surface area contributed by atoms with Crippen molar-refractivity contribution in [3.05, 3.63) is 24.0 Å². The van der Waals surface area contributed by atoms with Gasteiger partial charge in [0.15, 0.2) is 0 Å². The van der Waals surface area contributed by atoms with Crippen molar-refractivity contribution in [3.8, 4) is 0 Å². The van der Waals surface area contributed by atoms with E-state index in [9.17, 15) is 13.2 Å². The van der Waals surface area contributed by atoms with Crippen LogP contribution in [0.2, 0.25) is 0 Å². The second kappa shape index (κ2) is 3.90. The first-order valence-electron chi connectivity index (χ1n) is 2.85. The summed E-state index contributed by atoms with van der Waals surface area (Å²) in [4.78, 5) is 0. The van der Waals surface area contributed by atoms with Gasteiger partial charge < -0.3 is 11.1 Å². The molecule has 0 radical (unpaired) electrons. The minimum Gasteiger partial charge on any atom is -0.386 e. The van der Waals surface area contributed by atoms with Crippen LogP contribution in [0.4, 0.5) is 13.2 Å². The molecule has 0 aromatic rings. The molecule has 0 aromatic carbocycles. The SMILES string of the molecule is CN/C(N)=C\C=C\C(F)(F)F. The Morgan fingerprint density at radius 1 is 1.45 bits per heavy atom. The summed E-state index contributed by atoms with van der Waals surface area (Å²) in [6, 6.07) is 0. The lowest BCUT2D eigenvalue weighted by Crippen LogP contribution is -2.13. The van der Waals surface area contributed by atoms with Crippen molar-refractivity contribution < 1.29 is 13.2 Å². The zero-order chi connectivity index (χ0) is 8.91. The average molecular weight is 166 g/mol. The number of rotatable bonds is 2. The lowest BCUT2D eigenvalue weighted by atomic mass is 10.4. The number of allylic oxidation sites excluding steroid dienone is 3. The third-order valence-electron chi connectivity index (χ3n) is 0.850. The minimum absolute atomic E-state index is 0.108.